The first-order chi connectivity index (χ1) is 9.31. The van der Waals surface area contributed by atoms with Gasteiger partial charge in [-0.1, -0.05) is 37.3 Å². The van der Waals surface area contributed by atoms with E-state index in [1.165, 1.54) is 16.7 Å². The maximum atomic E-state index is 4.25. The van der Waals surface area contributed by atoms with E-state index < -0.39 is 0 Å². The molecule has 0 saturated heterocycles. The number of benzene rings is 1. The number of aryl methyl sites for hydroxylation is 1. The van der Waals surface area contributed by atoms with Crippen LogP contribution in [0.15, 0.2) is 48.8 Å². The van der Waals surface area contributed by atoms with Crippen LogP contribution in [0.1, 0.15) is 29.5 Å². The summed E-state index contributed by atoms with van der Waals surface area (Å²) >= 11 is 0. The minimum absolute atomic E-state index is 0.504. The molecule has 0 bridgehead atoms. The molecule has 0 saturated carbocycles. The first kappa shape index (κ1) is 13.8. The zero-order valence-corrected chi connectivity index (χ0v) is 11.8. The topological polar surface area (TPSA) is 24.9 Å². The van der Waals surface area contributed by atoms with E-state index in [4.69, 9.17) is 0 Å². The molecule has 0 aliphatic carbocycles. The summed E-state index contributed by atoms with van der Waals surface area (Å²) in [5.41, 5.74) is 4.06. The number of nitrogens with zero attached hydrogens (tertiary/aromatic N) is 1. The van der Waals surface area contributed by atoms with Crippen LogP contribution in [0.2, 0.25) is 0 Å². The molecule has 1 N–H and O–H groups in total. The molecule has 0 fully saturated rings. The molecule has 2 rings (SSSR count). The van der Waals surface area contributed by atoms with E-state index in [9.17, 15) is 0 Å². The summed E-state index contributed by atoms with van der Waals surface area (Å²) in [4.78, 5) is 4.25. The van der Waals surface area contributed by atoms with Gasteiger partial charge in [0, 0.05) is 24.9 Å². The van der Waals surface area contributed by atoms with Gasteiger partial charge in [0.2, 0.25) is 0 Å². The summed E-state index contributed by atoms with van der Waals surface area (Å²) in [6, 6.07) is 12.8. The van der Waals surface area contributed by atoms with Crippen LogP contribution in [0, 0.1) is 6.92 Å². The van der Waals surface area contributed by atoms with Crippen LogP contribution in [0.3, 0.4) is 0 Å². The monoisotopic (exact) mass is 254 g/mol. The van der Waals surface area contributed by atoms with Crippen LogP contribution < -0.4 is 5.32 Å². The fourth-order valence-corrected chi connectivity index (χ4v) is 2.33. The summed E-state index contributed by atoms with van der Waals surface area (Å²) in [7, 11) is 0. The fraction of sp³-hybridized carbons (Fsp3) is 0.353. The van der Waals surface area contributed by atoms with Gasteiger partial charge in [-0.2, -0.15) is 0 Å². The Kier molecular flexibility index (Phi) is 5.10. The van der Waals surface area contributed by atoms with Crippen LogP contribution in [0.4, 0.5) is 0 Å². The summed E-state index contributed by atoms with van der Waals surface area (Å²) in [6.45, 7) is 6.33. The lowest BCUT2D eigenvalue weighted by atomic mass is 9.91. The predicted octanol–water partition coefficient (Wildman–Crippen LogP) is 3.33. The minimum atomic E-state index is 0.504. The second-order valence-corrected chi connectivity index (χ2v) is 4.92. The van der Waals surface area contributed by atoms with Crippen LogP contribution >= 0.6 is 0 Å². The van der Waals surface area contributed by atoms with Gasteiger partial charge in [0.25, 0.3) is 0 Å². The highest BCUT2D eigenvalue weighted by molar-refractivity contribution is 5.27. The highest BCUT2D eigenvalue weighted by atomic mass is 14.8. The van der Waals surface area contributed by atoms with Crippen molar-refractivity contribution in [1.29, 1.82) is 0 Å². The first-order valence-electron chi connectivity index (χ1n) is 6.96. The number of rotatable bonds is 6. The molecule has 1 aromatic heterocycles. The third kappa shape index (κ3) is 3.90. The van der Waals surface area contributed by atoms with E-state index in [0.29, 0.717) is 5.92 Å². The van der Waals surface area contributed by atoms with Crippen molar-refractivity contribution in [1.82, 2.24) is 10.3 Å². The van der Waals surface area contributed by atoms with Crippen LogP contribution in [0.5, 0.6) is 0 Å². The zero-order chi connectivity index (χ0) is 13.5. The zero-order valence-electron chi connectivity index (χ0n) is 11.8. The second-order valence-electron chi connectivity index (χ2n) is 4.92. The molecule has 1 heterocycles. The third-order valence-corrected chi connectivity index (χ3v) is 3.53. The molecular formula is C17H22N2. The molecule has 2 nitrogen and oxygen atoms in total. The Balaban J connectivity index is 2.17. The molecule has 1 aromatic carbocycles. The molecule has 0 aliphatic rings. The van der Waals surface area contributed by atoms with Gasteiger partial charge in [-0.05, 0) is 42.6 Å². The Labute approximate surface area is 115 Å². The van der Waals surface area contributed by atoms with E-state index in [1.54, 1.807) is 0 Å². The smallest absolute Gasteiger partial charge is 0.0302 e. The molecule has 0 spiro atoms. The number of hydrogen-bond donors (Lipinski definition) is 1. The van der Waals surface area contributed by atoms with Crippen molar-refractivity contribution < 1.29 is 0 Å². The average molecular weight is 254 g/mol. The van der Waals surface area contributed by atoms with Crippen molar-refractivity contribution >= 4 is 0 Å². The van der Waals surface area contributed by atoms with Gasteiger partial charge in [0.05, 0.1) is 0 Å². The second kappa shape index (κ2) is 7.05. The van der Waals surface area contributed by atoms with Gasteiger partial charge in [0.15, 0.2) is 0 Å². The average Bonchev–Trinajstić information content (AvgIpc) is 2.46. The largest absolute Gasteiger partial charge is 0.316 e. The fourth-order valence-electron chi connectivity index (χ4n) is 2.33. The number of hydrogen-bond acceptors (Lipinski definition) is 2. The van der Waals surface area contributed by atoms with E-state index >= 15 is 0 Å². The van der Waals surface area contributed by atoms with E-state index in [1.807, 2.05) is 12.4 Å². The molecule has 1 unspecified atom stereocenters. The highest BCUT2D eigenvalue weighted by Crippen LogP contribution is 2.21. The summed E-state index contributed by atoms with van der Waals surface area (Å²) in [5, 5.41) is 3.47. The third-order valence-electron chi connectivity index (χ3n) is 3.53. The standard InChI is InChI=1S/C17H22N2/c1-3-18-13-17(15-7-5-4-6-8-15)11-16-12-19-10-9-14(16)2/h4-10,12,17-18H,3,11,13H2,1-2H3. The lowest BCUT2D eigenvalue weighted by molar-refractivity contribution is 0.593. The minimum Gasteiger partial charge on any atom is -0.316 e. The SMILES string of the molecule is CCNCC(Cc1cnccc1C)c1ccccc1. The van der Waals surface area contributed by atoms with Crippen LogP contribution in [-0.2, 0) is 6.42 Å². The molecule has 0 radical (unpaired) electrons. The maximum absolute atomic E-state index is 4.25. The van der Waals surface area contributed by atoms with Crippen molar-refractivity contribution in [3.05, 3.63) is 65.5 Å². The van der Waals surface area contributed by atoms with Crippen molar-refractivity contribution in [3.63, 3.8) is 0 Å². The molecular weight excluding hydrogens is 232 g/mol. The lowest BCUT2D eigenvalue weighted by Gasteiger charge is -2.18. The number of nitrogens with one attached hydrogen (secondary N) is 1. The van der Waals surface area contributed by atoms with E-state index in [-0.39, 0.29) is 0 Å². The van der Waals surface area contributed by atoms with Gasteiger partial charge in [-0.15, -0.1) is 0 Å². The highest BCUT2D eigenvalue weighted by Gasteiger charge is 2.13. The van der Waals surface area contributed by atoms with Gasteiger partial charge in [0.1, 0.15) is 0 Å². The Morgan fingerprint density at radius 3 is 2.63 bits per heavy atom. The lowest BCUT2D eigenvalue weighted by Crippen LogP contribution is -2.23. The maximum Gasteiger partial charge on any atom is 0.0302 e. The quantitative estimate of drug-likeness (QED) is 0.855. The van der Waals surface area contributed by atoms with E-state index in [2.05, 4.69) is 60.5 Å². The Bertz CT molecular complexity index is 494. The molecule has 2 heteroatoms. The molecule has 1 atom stereocenters. The molecule has 19 heavy (non-hydrogen) atoms. The van der Waals surface area contributed by atoms with Gasteiger partial charge >= 0.3 is 0 Å². The molecule has 0 aliphatic heterocycles. The normalized spacial score (nSPS) is 12.3. The molecule has 0 amide bonds. The van der Waals surface area contributed by atoms with Crippen LogP contribution in [0.25, 0.3) is 0 Å². The van der Waals surface area contributed by atoms with Gasteiger partial charge in [-0.3, -0.25) is 4.98 Å². The summed E-state index contributed by atoms with van der Waals surface area (Å²) in [5.74, 6) is 0.504. The molecule has 100 valence electrons. The van der Waals surface area contributed by atoms with Crippen LogP contribution in [-0.4, -0.2) is 18.1 Å². The van der Waals surface area contributed by atoms with Gasteiger partial charge in [-0.25, -0.2) is 0 Å². The number of likely N-dealkylation sites (N-methyl/N-ethyl adjacent to an activating group) is 1. The predicted molar refractivity (Wildman–Crippen MR) is 80.4 cm³/mol. The Hall–Kier alpha value is -1.67. The first-order valence-corrected chi connectivity index (χ1v) is 6.96. The molecule has 2 aromatic rings. The van der Waals surface area contributed by atoms with Crippen molar-refractivity contribution in [3.8, 4) is 0 Å². The summed E-state index contributed by atoms with van der Waals surface area (Å²) in [6.07, 6.45) is 4.90. The number of pyridine rings is 1. The van der Waals surface area contributed by atoms with Crippen molar-refractivity contribution in [2.75, 3.05) is 13.1 Å². The Morgan fingerprint density at radius 2 is 1.95 bits per heavy atom. The van der Waals surface area contributed by atoms with Crippen molar-refractivity contribution in [2.45, 2.75) is 26.2 Å². The summed E-state index contributed by atoms with van der Waals surface area (Å²) < 4.78 is 0. The number of aromatic nitrogens is 1. The Morgan fingerprint density at radius 1 is 1.16 bits per heavy atom. The van der Waals surface area contributed by atoms with Gasteiger partial charge < -0.3 is 5.32 Å². The van der Waals surface area contributed by atoms with Crippen molar-refractivity contribution in [2.24, 2.45) is 0 Å². The van der Waals surface area contributed by atoms with E-state index in [0.717, 1.165) is 19.5 Å².